The van der Waals surface area contributed by atoms with E-state index in [-0.39, 0.29) is 0 Å². The molecule has 0 saturated heterocycles. The first-order valence-electron chi connectivity index (χ1n) is 3.58. The van der Waals surface area contributed by atoms with E-state index in [0.717, 1.165) is 0 Å². The minimum Gasteiger partial charge on any atom is -0.387 e. The van der Waals surface area contributed by atoms with Gasteiger partial charge in [-0.1, -0.05) is 0 Å². The van der Waals surface area contributed by atoms with Crippen molar-refractivity contribution in [2.45, 2.75) is 30.1 Å². The highest BCUT2D eigenvalue weighted by Crippen LogP contribution is 2.22. The summed E-state index contributed by atoms with van der Waals surface area (Å²) in [5, 5.41) is 45.1. The van der Waals surface area contributed by atoms with Gasteiger partial charge < -0.3 is 25.5 Å². The molecule has 0 spiro atoms. The van der Waals surface area contributed by atoms with Gasteiger partial charge in [-0.3, -0.25) is 10.5 Å². The smallest absolute Gasteiger partial charge is 0.213 e. The lowest BCUT2D eigenvalue weighted by molar-refractivity contribution is -0.210. The van der Waals surface area contributed by atoms with Crippen LogP contribution in [-0.4, -0.2) is 61.5 Å². The Morgan fingerprint density at radius 1 is 1.15 bits per heavy atom. The van der Waals surface area contributed by atoms with Crippen molar-refractivity contribution in [2.24, 2.45) is 5.73 Å². The number of carbonyl (C=O) groups excluding carboxylic acids is 1. The molecule has 0 aliphatic heterocycles. The fourth-order valence-electron chi connectivity index (χ4n) is 1.17. The summed E-state index contributed by atoms with van der Waals surface area (Å²) in [6.07, 6.45) is -7.71. The van der Waals surface area contributed by atoms with Gasteiger partial charge >= 0.3 is 0 Å². The van der Waals surface area contributed by atoms with Crippen LogP contribution in [0.25, 0.3) is 0 Å². The van der Waals surface area contributed by atoms with Crippen LogP contribution in [0.3, 0.4) is 0 Å². The molecule has 1 rings (SSSR count). The van der Waals surface area contributed by atoms with E-state index in [1.54, 1.807) is 0 Å². The van der Waals surface area contributed by atoms with Gasteiger partial charge in [-0.25, -0.2) is 0 Å². The van der Waals surface area contributed by atoms with Crippen LogP contribution in [0.5, 0.6) is 0 Å². The number of ketones is 1. The van der Waals surface area contributed by atoms with Gasteiger partial charge in [-0.15, -0.1) is 0 Å². The van der Waals surface area contributed by atoms with Crippen molar-refractivity contribution in [1.82, 2.24) is 0 Å². The van der Waals surface area contributed by atoms with E-state index < -0.39 is 35.9 Å². The number of rotatable bonds is 0. The molecule has 7 nitrogen and oxygen atoms in total. The molecule has 0 bridgehead atoms. The summed E-state index contributed by atoms with van der Waals surface area (Å²) >= 11 is 0. The van der Waals surface area contributed by atoms with Crippen molar-refractivity contribution in [3.05, 3.63) is 0 Å². The molecule has 5 atom stereocenters. The Bertz CT molecular complexity index is 229. The molecule has 76 valence electrons. The molecule has 7 heteroatoms. The minimum absolute atomic E-state index is 1.32. The lowest BCUT2D eigenvalue weighted by Gasteiger charge is -2.40. The summed E-state index contributed by atoms with van der Waals surface area (Å²) in [6, 6.07) is 0. The van der Waals surface area contributed by atoms with Crippen molar-refractivity contribution in [1.29, 1.82) is 0 Å². The predicted molar refractivity (Wildman–Crippen MR) is 38.2 cm³/mol. The van der Waals surface area contributed by atoms with Crippen LogP contribution < -0.4 is 5.73 Å². The summed E-state index contributed by atoms with van der Waals surface area (Å²) in [4.78, 5) is 11.0. The van der Waals surface area contributed by atoms with Gasteiger partial charge in [0.2, 0.25) is 11.5 Å². The zero-order chi connectivity index (χ0) is 10.4. The van der Waals surface area contributed by atoms with Gasteiger partial charge in [0.1, 0.15) is 24.4 Å². The highest BCUT2D eigenvalue weighted by molar-refractivity contribution is 5.92. The Morgan fingerprint density at radius 2 is 1.62 bits per heavy atom. The van der Waals surface area contributed by atoms with Gasteiger partial charge in [0, 0.05) is 0 Å². The molecule has 0 aromatic rings. The molecule has 1 saturated carbocycles. The Labute approximate surface area is 73.0 Å². The lowest BCUT2D eigenvalue weighted by atomic mass is 9.82. The molecule has 0 amide bonds. The van der Waals surface area contributed by atoms with Gasteiger partial charge in [-0.05, 0) is 0 Å². The van der Waals surface area contributed by atoms with Crippen LogP contribution >= 0.6 is 0 Å². The third-order valence-corrected chi connectivity index (χ3v) is 2.11. The number of aliphatic hydroxyl groups excluding tert-OH is 4. The predicted octanol–water partition coefficient (Wildman–Crippen LogP) is -4.34. The van der Waals surface area contributed by atoms with E-state index in [0.29, 0.717) is 0 Å². The molecule has 1 aliphatic carbocycles. The van der Waals surface area contributed by atoms with E-state index >= 15 is 0 Å². The lowest BCUT2D eigenvalue weighted by Crippen LogP contribution is -2.72. The maximum absolute atomic E-state index is 11.0. The van der Waals surface area contributed by atoms with Crippen LogP contribution in [0, 0.1) is 0 Å². The topological polar surface area (TPSA) is 144 Å². The van der Waals surface area contributed by atoms with E-state index in [2.05, 4.69) is 0 Å². The van der Waals surface area contributed by atoms with E-state index in [1.165, 1.54) is 0 Å². The van der Waals surface area contributed by atoms with E-state index in [4.69, 9.17) is 31.3 Å². The van der Waals surface area contributed by atoms with Gasteiger partial charge in [0.25, 0.3) is 0 Å². The molecular formula is C6H11NO6. The molecular weight excluding hydrogens is 182 g/mol. The first-order chi connectivity index (χ1) is 5.80. The Balaban J connectivity index is 3.00. The summed E-state index contributed by atoms with van der Waals surface area (Å²) in [5.74, 6) is -1.32. The fraction of sp³-hybridized carbons (Fsp3) is 0.833. The van der Waals surface area contributed by atoms with Crippen molar-refractivity contribution < 1.29 is 30.3 Å². The van der Waals surface area contributed by atoms with Crippen molar-refractivity contribution in [3.8, 4) is 0 Å². The normalized spacial score (nSPS) is 52.3. The summed E-state index contributed by atoms with van der Waals surface area (Å²) in [6.45, 7) is 0. The second-order valence-corrected chi connectivity index (χ2v) is 3.06. The highest BCUT2D eigenvalue weighted by atomic mass is 16.4. The van der Waals surface area contributed by atoms with Crippen LogP contribution in [-0.2, 0) is 4.79 Å². The maximum atomic E-state index is 11.0. The van der Waals surface area contributed by atoms with Crippen molar-refractivity contribution in [2.75, 3.05) is 0 Å². The van der Waals surface area contributed by atoms with Crippen LogP contribution in [0.2, 0.25) is 0 Å². The molecule has 7 N–H and O–H groups in total. The summed E-state index contributed by atoms with van der Waals surface area (Å²) < 4.78 is 0. The van der Waals surface area contributed by atoms with E-state index in [1.807, 2.05) is 0 Å². The van der Waals surface area contributed by atoms with Crippen LogP contribution in [0.15, 0.2) is 0 Å². The number of hydrogen-bond donors (Lipinski definition) is 6. The zero-order valence-electron chi connectivity index (χ0n) is 6.53. The third-order valence-electron chi connectivity index (χ3n) is 2.11. The number of nitrogens with two attached hydrogens (primary N) is 1. The monoisotopic (exact) mass is 193 g/mol. The third kappa shape index (κ3) is 1.35. The second kappa shape index (κ2) is 2.98. The number of aliphatic hydroxyl groups is 5. The van der Waals surface area contributed by atoms with Crippen molar-refractivity contribution >= 4 is 5.78 Å². The maximum Gasteiger partial charge on any atom is 0.213 e. The average molecular weight is 193 g/mol. The van der Waals surface area contributed by atoms with Gasteiger partial charge in [0.15, 0.2) is 0 Å². The first-order valence-corrected chi connectivity index (χ1v) is 3.58. The molecule has 5 unspecified atom stereocenters. The molecule has 1 aliphatic rings. The quantitative estimate of drug-likeness (QED) is 0.213. The molecule has 0 aromatic heterocycles. The minimum atomic E-state index is -2.72. The first kappa shape index (κ1) is 10.5. The fourth-order valence-corrected chi connectivity index (χ4v) is 1.17. The zero-order valence-corrected chi connectivity index (χ0v) is 6.53. The van der Waals surface area contributed by atoms with E-state index in [9.17, 15) is 4.79 Å². The van der Waals surface area contributed by atoms with Gasteiger partial charge in [0.05, 0.1) is 0 Å². The Morgan fingerprint density at radius 3 is 2.08 bits per heavy atom. The van der Waals surface area contributed by atoms with Crippen molar-refractivity contribution in [3.63, 3.8) is 0 Å². The number of hydrogen-bond acceptors (Lipinski definition) is 7. The summed E-state index contributed by atoms with van der Waals surface area (Å²) in [7, 11) is 0. The highest BCUT2D eigenvalue weighted by Gasteiger charge is 2.55. The standard InChI is InChI=1S/C6H11NO6/c7-6(13)4(11)2(9)1(8)3(10)5(6)12/h1-4,8-11,13H,7H2. The SMILES string of the molecule is NC1(O)C(=O)C(O)C(O)C(O)C1O. The second-order valence-electron chi connectivity index (χ2n) is 3.06. The average Bonchev–Trinajstić information content (AvgIpc) is 2.09. The Kier molecular flexibility index (Phi) is 2.41. The number of Topliss-reactive ketones (excluding diaryl/α,β-unsaturated/α-hetero) is 1. The molecule has 13 heavy (non-hydrogen) atoms. The van der Waals surface area contributed by atoms with Crippen LogP contribution in [0.1, 0.15) is 0 Å². The van der Waals surface area contributed by atoms with Gasteiger partial charge in [-0.2, -0.15) is 0 Å². The molecule has 0 heterocycles. The Hall–Kier alpha value is -0.570. The molecule has 0 aromatic carbocycles. The number of carbonyl (C=O) groups is 1. The molecule has 0 radical (unpaired) electrons. The largest absolute Gasteiger partial charge is 0.387 e. The van der Waals surface area contributed by atoms with Crippen LogP contribution in [0.4, 0.5) is 0 Å². The molecule has 1 fully saturated rings. The summed E-state index contributed by atoms with van der Waals surface area (Å²) in [5.41, 5.74) is 2.21.